The fourth-order valence-electron chi connectivity index (χ4n) is 1.20. The van der Waals surface area contributed by atoms with Crippen LogP contribution in [0.1, 0.15) is 19.8 Å². The van der Waals surface area contributed by atoms with Gasteiger partial charge in [-0.3, -0.25) is 9.59 Å². The van der Waals surface area contributed by atoms with Gasteiger partial charge in [-0.2, -0.15) is 0 Å². The van der Waals surface area contributed by atoms with Crippen molar-refractivity contribution in [2.45, 2.75) is 38.1 Å². The molecule has 110 valence electrons. The van der Waals surface area contributed by atoms with E-state index in [4.69, 9.17) is 20.4 Å². The zero-order valence-electron chi connectivity index (χ0n) is 10.4. The third-order valence-corrected chi connectivity index (χ3v) is 2.17. The largest absolute Gasteiger partial charge is 0.480 e. The molecule has 0 rings (SSSR count). The second-order valence-corrected chi connectivity index (χ2v) is 3.79. The molecule has 0 spiro atoms. The van der Waals surface area contributed by atoms with Crippen molar-refractivity contribution >= 4 is 17.8 Å². The van der Waals surface area contributed by atoms with Crippen molar-refractivity contribution < 1.29 is 34.8 Å². The highest BCUT2D eigenvalue weighted by atomic mass is 16.5. The van der Waals surface area contributed by atoms with Gasteiger partial charge in [0.15, 0.2) is 12.3 Å². The molecule has 19 heavy (non-hydrogen) atoms. The van der Waals surface area contributed by atoms with Gasteiger partial charge in [0.05, 0.1) is 6.61 Å². The van der Waals surface area contributed by atoms with E-state index < -0.39 is 42.8 Å². The van der Waals surface area contributed by atoms with Gasteiger partial charge in [-0.1, -0.05) is 6.92 Å². The standard InChI is InChI=1S/C10H18N2O7/c1-2-3-6(14)12-7(10(18)19)8(15)11-5(4-13)9(16)17/h5,7,10,13,18-19H,2-4H2,1H3,(H,11,15)(H,12,14)(H,16,17). The van der Waals surface area contributed by atoms with Crippen LogP contribution in [0, 0.1) is 0 Å². The molecule has 6 N–H and O–H groups in total. The fourth-order valence-corrected chi connectivity index (χ4v) is 1.20. The Bertz CT molecular complexity index is 332. The molecule has 0 aliphatic heterocycles. The minimum Gasteiger partial charge on any atom is -0.480 e. The van der Waals surface area contributed by atoms with Crippen LogP contribution in [0.25, 0.3) is 0 Å². The maximum absolute atomic E-state index is 11.6. The van der Waals surface area contributed by atoms with Crippen LogP contribution in [-0.4, -0.2) is 63.2 Å². The third kappa shape index (κ3) is 6.13. The predicted molar refractivity (Wildman–Crippen MR) is 61.7 cm³/mol. The average molecular weight is 278 g/mol. The number of aliphatic hydroxyl groups is 3. The van der Waals surface area contributed by atoms with Gasteiger partial charge in [0.25, 0.3) is 0 Å². The number of aliphatic carboxylic acids is 1. The lowest BCUT2D eigenvalue weighted by atomic mass is 10.2. The lowest BCUT2D eigenvalue weighted by molar-refractivity contribution is -0.148. The molecule has 0 fully saturated rings. The van der Waals surface area contributed by atoms with E-state index in [0.29, 0.717) is 6.42 Å². The first-order valence-corrected chi connectivity index (χ1v) is 5.63. The van der Waals surface area contributed by atoms with Gasteiger partial charge in [-0.05, 0) is 6.42 Å². The van der Waals surface area contributed by atoms with Crippen molar-refractivity contribution in [2.75, 3.05) is 6.61 Å². The van der Waals surface area contributed by atoms with E-state index in [1.54, 1.807) is 6.92 Å². The van der Waals surface area contributed by atoms with Gasteiger partial charge in [-0.15, -0.1) is 0 Å². The summed E-state index contributed by atoms with van der Waals surface area (Å²) in [5, 5.41) is 39.3. The molecule has 0 aliphatic carbocycles. The molecule has 0 bridgehead atoms. The Morgan fingerprint density at radius 2 is 1.74 bits per heavy atom. The monoisotopic (exact) mass is 278 g/mol. The molecule has 0 aromatic carbocycles. The van der Waals surface area contributed by atoms with Crippen LogP contribution in [-0.2, 0) is 14.4 Å². The molecule has 0 saturated heterocycles. The Morgan fingerprint density at radius 1 is 1.16 bits per heavy atom. The third-order valence-electron chi connectivity index (χ3n) is 2.17. The van der Waals surface area contributed by atoms with Crippen LogP contribution in [0.4, 0.5) is 0 Å². The van der Waals surface area contributed by atoms with Crippen molar-refractivity contribution in [1.29, 1.82) is 0 Å². The molecule has 2 unspecified atom stereocenters. The number of aliphatic hydroxyl groups excluding tert-OH is 2. The zero-order valence-corrected chi connectivity index (χ0v) is 10.4. The molecular weight excluding hydrogens is 260 g/mol. The van der Waals surface area contributed by atoms with Crippen LogP contribution < -0.4 is 10.6 Å². The molecule has 9 heteroatoms. The van der Waals surface area contributed by atoms with Gasteiger partial charge < -0.3 is 31.1 Å². The summed E-state index contributed by atoms with van der Waals surface area (Å²) in [6.45, 7) is 0.856. The van der Waals surface area contributed by atoms with Crippen LogP contribution in [0.5, 0.6) is 0 Å². The predicted octanol–water partition coefficient (Wildman–Crippen LogP) is -2.86. The highest BCUT2D eigenvalue weighted by molar-refractivity contribution is 5.90. The number of hydrogen-bond donors (Lipinski definition) is 6. The number of rotatable bonds is 8. The lowest BCUT2D eigenvalue weighted by Crippen LogP contribution is -2.57. The molecule has 0 heterocycles. The van der Waals surface area contributed by atoms with E-state index in [1.165, 1.54) is 0 Å². The molecule has 0 aromatic heterocycles. The summed E-state index contributed by atoms with van der Waals surface area (Å²) in [6.07, 6.45) is -1.61. The van der Waals surface area contributed by atoms with E-state index in [1.807, 2.05) is 5.32 Å². The van der Waals surface area contributed by atoms with Gasteiger partial charge in [-0.25, -0.2) is 4.79 Å². The zero-order chi connectivity index (χ0) is 15.0. The summed E-state index contributed by atoms with van der Waals surface area (Å²) in [7, 11) is 0. The highest BCUT2D eigenvalue weighted by Crippen LogP contribution is 1.96. The molecule has 0 saturated carbocycles. The maximum Gasteiger partial charge on any atom is 0.328 e. The highest BCUT2D eigenvalue weighted by Gasteiger charge is 2.30. The number of carbonyl (C=O) groups excluding carboxylic acids is 2. The summed E-state index contributed by atoms with van der Waals surface area (Å²) in [5.74, 6) is -3.17. The van der Waals surface area contributed by atoms with Crippen molar-refractivity contribution in [3.63, 3.8) is 0 Å². The van der Waals surface area contributed by atoms with E-state index >= 15 is 0 Å². The summed E-state index contributed by atoms with van der Waals surface area (Å²) in [5.41, 5.74) is 0. The Hall–Kier alpha value is -1.71. The first-order valence-electron chi connectivity index (χ1n) is 5.63. The first kappa shape index (κ1) is 17.3. The lowest BCUT2D eigenvalue weighted by Gasteiger charge is -2.21. The molecule has 0 aromatic rings. The van der Waals surface area contributed by atoms with E-state index in [-0.39, 0.29) is 6.42 Å². The molecule has 2 atom stereocenters. The van der Waals surface area contributed by atoms with Crippen LogP contribution >= 0.6 is 0 Å². The normalized spacial score (nSPS) is 13.7. The Balaban J connectivity index is 4.66. The van der Waals surface area contributed by atoms with Gasteiger partial charge in [0, 0.05) is 6.42 Å². The molecule has 0 radical (unpaired) electrons. The van der Waals surface area contributed by atoms with Gasteiger partial charge in [0.1, 0.15) is 6.04 Å². The summed E-state index contributed by atoms with van der Waals surface area (Å²) in [4.78, 5) is 33.4. The minimum atomic E-state index is -2.19. The summed E-state index contributed by atoms with van der Waals surface area (Å²) < 4.78 is 0. The van der Waals surface area contributed by atoms with Crippen molar-refractivity contribution in [1.82, 2.24) is 10.6 Å². The molecular formula is C10H18N2O7. The first-order chi connectivity index (χ1) is 8.83. The number of carbonyl (C=O) groups is 3. The number of nitrogens with one attached hydrogen (secondary N) is 2. The quantitative estimate of drug-likeness (QED) is 0.261. The summed E-state index contributed by atoms with van der Waals surface area (Å²) >= 11 is 0. The van der Waals surface area contributed by atoms with Crippen molar-refractivity contribution in [3.8, 4) is 0 Å². The minimum absolute atomic E-state index is 0.0822. The van der Waals surface area contributed by atoms with E-state index in [0.717, 1.165) is 0 Å². The SMILES string of the molecule is CCCC(=O)NC(C(=O)NC(CO)C(=O)O)C(O)O. The van der Waals surface area contributed by atoms with Crippen LogP contribution in [0.15, 0.2) is 0 Å². The van der Waals surface area contributed by atoms with Crippen LogP contribution in [0.3, 0.4) is 0 Å². The Kier molecular flexibility index (Phi) is 7.65. The second-order valence-electron chi connectivity index (χ2n) is 3.79. The van der Waals surface area contributed by atoms with Crippen molar-refractivity contribution in [3.05, 3.63) is 0 Å². The van der Waals surface area contributed by atoms with E-state index in [9.17, 15) is 14.4 Å². The Labute approximate surface area is 109 Å². The number of carboxylic acid groups (broad SMARTS) is 1. The molecule has 2 amide bonds. The van der Waals surface area contributed by atoms with Crippen molar-refractivity contribution in [2.24, 2.45) is 0 Å². The summed E-state index contributed by atoms with van der Waals surface area (Å²) in [6, 6.07) is -3.29. The smallest absolute Gasteiger partial charge is 0.328 e. The van der Waals surface area contributed by atoms with E-state index in [2.05, 4.69) is 5.32 Å². The molecule has 9 nitrogen and oxygen atoms in total. The second kappa shape index (κ2) is 8.40. The number of amides is 2. The van der Waals surface area contributed by atoms with Gasteiger partial charge in [0.2, 0.25) is 11.8 Å². The maximum atomic E-state index is 11.6. The molecule has 0 aliphatic rings. The number of carboxylic acids is 1. The van der Waals surface area contributed by atoms with Crippen LogP contribution in [0.2, 0.25) is 0 Å². The Morgan fingerprint density at radius 3 is 2.11 bits per heavy atom. The number of hydrogen-bond acceptors (Lipinski definition) is 6. The fraction of sp³-hybridized carbons (Fsp3) is 0.700. The topological polar surface area (TPSA) is 156 Å². The van der Waals surface area contributed by atoms with Gasteiger partial charge >= 0.3 is 5.97 Å². The average Bonchev–Trinajstić information content (AvgIpc) is 2.32.